The van der Waals surface area contributed by atoms with Crippen LogP contribution < -0.4 is 0 Å². The third-order valence-corrected chi connectivity index (χ3v) is 6.11. The predicted molar refractivity (Wildman–Crippen MR) is 113 cm³/mol. The van der Waals surface area contributed by atoms with E-state index in [9.17, 15) is 9.90 Å². The van der Waals surface area contributed by atoms with Crippen molar-refractivity contribution in [2.75, 3.05) is 33.0 Å². The van der Waals surface area contributed by atoms with E-state index >= 15 is 0 Å². The number of esters is 1. The molecule has 1 aliphatic heterocycles. The number of carbonyl (C=O) groups is 1. The Balaban J connectivity index is 0.00000126. The average Bonchev–Trinajstić information content (AvgIpc) is 2.71. The van der Waals surface area contributed by atoms with Gasteiger partial charge in [-0.3, -0.25) is 0 Å². The molecule has 1 aromatic carbocycles. The predicted octanol–water partition coefficient (Wildman–Crippen LogP) is 4.25. The number of aliphatic hydroxyl groups is 1. The number of alkyl halides is 1. The van der Waals surface area contributed by atoms with Crippen LogP contribution in [0, 0.1) is 5.92 Å². The van der Waals surface area contributed by atoms with Crippen LogP contribution in [0.1, 0.15) is 50.5 Å². The number of halogens is 1. The van der Waals surface area contributed by atoms with Crippen LogP contribution in [-0.2, 0) is 15.1 Å². The molecule has 0 amide bonds. The zero-order valence-electron chi connectivity index (χ0n) is 17.0. The van der Waals surface area contributed by atoms with E-state index in [2.05, 4.69) is 30.0 Å². The molecule has 1 aliphatic carbocycles. The molecule has 1 aromatic rings. The minimum atomic E-state index is -1.51. The Morgan fingerprint density at radius 2 is 1.59 bits per heavy atom. The quantitative estimate of drug-likeness (QED) is 0.432. The second-order valence-electron chi connectivity index (χ2n) is 8.45. The van der Waals surface area contributed by atoms with Gasteiger partial charge in [-0.25, -0.2) is 4.79 Å². The van der Waals surface area contributed by atoms with E-state index in [1.807, 2.05) is 36.2 Å². The fraction of sp³-hybridized carbons (Fsp3) is 0.682. The van der Waals surface area contributed by atoms with Crippen molar-refractivity contribution in [3.05, 3.63) is 35.9 Å². The first kappa shape index (κ1) is 22.4. The summed E-state index contributed by atoms with van der Waals surface area (Å²) in [4.78, 5) is 13.1. The third-order valence-electron chi connectivity index (χ3n) is 6.11. The van der Waals surface area contributed by atoms with Crippen molar-refractivity contribution >= 4 is 21.9 Å². The minimum absolute atomic E-state index is 0.0491. The van der Waals surface area contributed by atoms with Crippen molar-refractivity contribution in [2.45, 2.75) is 56.7 Å². The molecule has 3 rings (SSSR count). The second kappa shape index (κ2) is 10.0. The Bertz CT molecular complexity index is 576. The van der Waals surface area contributed by atoms with Crippen LogP contribution in [0.15, 0.2) is 30.3 Å². The molecule has 0 bridgehead atoms. The Kier molecular flexibility index (Phi) is 8.32. The van der Waals surface area contributed by atoms with Crippen LogP contribution in [0.4, 0.5) is 0 Å². The summed E-state index contributed by atoms with van der Waals surface area (Å²) in [5, 5.41) is 11.5. The first-order valence-corrected chi connectivity index (χ1v) is 11.7. The fourth-order valence-corrected chi connectivity index (χ4v) is 4.33. The molecule has 1 saturated carbocycles. The van der Waals surface area contributed by atoms with E-state index in [0.29, 0.717) is 5.56 Å². The highest BCUT2D eigenvalue weighted by molar-refractivity contribution is 9.08. The van der Waals surface area contributed by atoms with Gasteiger partial charge in [0.05, 0.1) is 27.2 Å². The van der Waals surface area contributed by atoms with E-state index < -0.39 is 11.6 Å². The maximum absolute atomic E-state index is 13.1. The van der Waals surface area contributed by atoms with Crippen LogP contribution in [0.25, 0.3) is 0 Å². The van der Waals surface area contributed by atoms with E-state index in [1.54, 1.807) is 0 Å². The number of likely N-dealkylation sites (tertiary alicyclic amines) is 1. The standard InChI is InChI=1S/C21H32NO3.CH3Br/c1-22(2)15-13-19(14-16-22)25-20(23)21(24,17-9-5-3-6-10-17)18-11-7-4-8-12-18;1-2/h3,5-6,9-10,18-19,24H,4,7-8,11-16H2,1-2H3;1H3/q+1;. The molecule has 2 aliphatic rings. The topological polar surface area (TPSA) is 46.5 Å². The van der Waals surface area contributed by atoms with Gasteiger partial charge in [0.25, 0.3) is 0 Å². The van der Waals surface area contributed by atoms with Gasteiger partial charge in [-0.1, -0.05) is 65.5 Å². The molecular weight excluding hydrogens is 406 g/mol. The lowest BCUT2D eigenvalue weighted by molar-refractivity contribution is -0.896. The number of carbonyl (C=O) groups excluding carboxylic acids is 1. The Morgan fingerprint density at radius 3 is 2.15 bits per heavy atom. The van der Waals surface area contributed by atoms with Gasteiger partial charge in [0.15, 0.2) is 5.60 Å². The Labute approximate surface area is 172 Å². The van der Waals surface area contributed by atoms with Crippen LogP contribution in [0.3, 0.4) is 0 Å². The molecule has 5 heteroatoms. The molecule has 4 nitrogen and oxygen atoms in total. The molecule has 152 valence electrons. The van der Waals surface area contributed by atoms with Crippen molar-refractivity contribution in [3.63, 3.8) is 0 Å². The number of nitrogens with zero attached hydrogens (tertiary/aromatic N) is 1. The molecule has 0 spiro atoms. The normalized spacial score (nSPS) is 22.9. The van der Waals surface area contributed by atoms with Gasteiger partial charge >= 0.3 is 5.97 Å². The van der Waals surface area contributed by atoms with Crippen molar-refractivity contribution < 1.29 is 19.1 Å². The zero-order chi connectivity index (χ0) is 19.9. The second-order valence-corrected chi connectivity index (χ2v) is 8.45. The highest BCUT2D eigenvalue weighted by Gasteiger charge is 2.48. The molecular formula is C22H35BrNO3+. The maximum Gasteiger partial charge on any atom is 0.343 e. The summed E-state index contributed by atoms with van der Waals surface area (Å²) in [6, 6.07) is 9.40. The minimum Gasteiger partial charge on any atom is -0.460 e. The average molecular weight is 441 g/mol. The number of piperidine rings is 1. The molecule has 1 saturated heterocycles. The largest absolute Gasteiger partial charge is 0.460 e. The van der Waals surface area contributed by atoms with Gasteiger partial charge in [0.2, 0.25) is 0 Å². The number of quaternary nitrogens is 1. The molecule has 0 radical (unpaired) electrons. The summed E-state index contributed by atoms with van der Waals surface area (Å²) in [5.41, 5.74) is -0.831. The third kappa shape index (κ3) is 5.55. The summed E-state index contributed by atoms with van der Waals surface area (Å²) in [6.07, 6.45) is 6.76. The molecule has 2 fully saturated rings. The highest BCUT2D eigenvalue weighted by atomic mass is 79.9. The molecule has 1 N–H and O–H groups in total. The summed E-state index contributed by atoms with van der Waals surface area (Å²) in [6.45, 7) is 2.01. The lowest BCUT2D eigenvalue weighted by Gasteiger charge is -2.40. The molecule has 1 heterocycles. The Morgan fingerprint density at radius 1 is 1.04 bits per heavy atom. The van der Waals surface area contributed by atoms with Gasteiger partial charge in [-0.15, -0.1) is 0 Å². The number of benzene rings is 1. The lowest BCUT2D eigenvalue weighted by Crippen LogP contribution is -2.51. The van der Waals surface area contributed by atoms with Crippen LogP contribution >= 0.6 is 15.9 Å². The zero-order valence-corrected chi connectivity index (χ0v) is 18.6. The summed E-state index contributed by atoms with van der Waals surface area (Å²) >= 11 is 2.94. The van der Waals surface area contributed by atoms with Gasteiger partial charge in [0.1, 0.15) is 6.10 Å². The Hall–Kier alpha value is -0.910. The van der Waals surface area contributed by atoms with Crippen LogP contribution in [0.2, 0.25) is 0 Å². The van der Waals surface area contributed by atoms with E-state index in [1.165, 1.54) is 6.42 Å². The summed E-state index contributed by atoms with van der Waals surface area (Å²) in [5.74, 6) is 1.32. The first-order chi connectivity index (χ1) is 12.9. The first-order valence-electron chi connectivity index (χ1n) is 10.1. The van der Waals surface area contributed by atoms with Crippen molar-refractivity contribution in [1.82, 2.24) is 0 Å². The van der Waals surface area contributed by atoms with Crippen molar-refractivity contribution in [2.24, 2.45) is 5.92 Å². The number of ether oxygens (including phenoxy) is 1. The smallest absolute Gasteiger partial charge is 0.343 e. The highest BCUT2D eigenvalue weighted by Crippen LogP contribution is 2.40. The van der Waals surface area contributed by atoms with Crippen LogP contribution in [-0.4, -0.2) is 54.7 Å². The summed E-state index contributed by atoms with van der Waals surface area (Å²) in [7, 11) is 4.42. The fourth-order valence-electron chi connectivity index (χ4n) is 4.33. The molecule has 27 heavy (non-hydrogen) atoms. The van der Waals surface area contributed by atoms with E-state index in [4.69, 9.17) is 4.74 Å². The molecule has 1 unspecified atom stereocenters. The monoisotopic (exact) mass is 440 g/mol. The van der Waals surface area contributed by atoms with Gasteiger partial charge in [0, 0.05) is 18.8 Å². The molecule has 0 aromatic heterocycles. The number of hydrogen-bond donors (Lipinski definition) is 1. The van der Waals surface area contributed by atoms with Gasteiger partial charge < -0.3 is 14.3 Å². The van der Waals surface area contributed by atoms with Crippen molar-refractivity contribution in [3.8, 4) is 0 Å². The van der Waals surface area contributed by atoms with Crippen LogP contribution in [0.5, 0.6) is 0 Å². The van der Waals surface area contributed by atoms with Crippen molar-refractivity contribution in [1.29, 1.82) is 0 Å². The number of rotatable bonds is 4. The van der Waals surface area contributed by atoms with Gasteiger partial charge in [-0.2, -0.15) is 0 Å². The number of hydrogen-bond acceptors (Lipinski definition) is 3. The molecule has 1 atom stereocenters. The SMILES string of the molecule is CBr.C[N+]1(C)CCC(OC(=O)C(O)(c2ccccc2)C2CCCCC2)CC1. The van der Waals surface area contributed by atoms with Gasteiger partial charge in [-0.05, 0) is 24.2 Å². The lowest BCUT2D eigenvalue weighted by atomic mass is 9.73. The summed E-state index contributed by atoms with van der Waals surface area (Å²) < 4.78 is 6.83. The van der Waals surface area contributed by atoms with E-state index in [0.717, 1.165) is 56.1 Å². The maximum atomic E-state index is 13.1. The van der Waals surface area contributed by atoms with E-state index in [-0.39, 0.29) is 12.0 Å².